The summed E-state index contributed by atoms with van der Waals surface area (Å²) in [4.78, 5) is 37.4. The number of ether oxygens (including phenoxy) is 1. The van der Waals surface area contributed by atoms with Crippen molar-refractivity contribution in [3.63, 3.8) is 0 Å². The fourth-order valence-electron chi connectivity index (χ4n) is 3.22. The molecule has 1 atom stereocenters. The quantitative estimate of drug-likeness (QED) is 0.409. The predicted molar refractivity (Wildman–Crippen MR) is 108 cm³/mol. The third kappa shape index (κ3) is 5.73. The Kier molecular flexibility index (Phi) is 7.86. The zero-order chi connectivity index (χ0) is 22.6. The number of aromatic hydroxyl groups is 1. The summed E-state index contributed by atoms with van der Waals surface area (Å²) in [5, 5.41) is 37.7. The molecule has 1 heterocycles. The summed E-state index contributed by atoms with van der Waals surface area (Å²) < 4.78 is 5.68. The lowest BCUT2D eigenvalue weighted by Gasteiger charge is -2.40. The highest BCUT2D eigenvalue weighted by molar-refractivity contribution is 6.41. The molecule has 0 bridgehead atoms. The van der Waals surface area contributed by atoms with E-state index >= 15 is 0 Å². The number of hydrogen-bond donors (Lipinski definition) is 4. The predicted octanol–water partition coefficient (Wildman–Crippen LogP) is 0.947. The highest BCUT2D eigenvalue weighted by Crippen LogP contribution is 2.34. The van der Waals surface area contributed by atoms with E-state index in [1.165, 1.54) is 12.1 Å². The maximum absolute atomic E-state index is 12.4. The minimum atomic E-state index is -1.56. The average Bonchev–Trinajstić information content (AvgIpc) is 2.62. The lowest BCUT2D eigenvalue weighted by molar-refractivity contribution is -0.145. The first-order valence-corrected chi connectivity index (χ1v) is 9.93. The van der Waals surface area contributed by atoms with Crippen LogP contribution in [0.15, 0.2) is 12.1 Å². The number of carbonyl (C=O) groups excluding carboxylic acids is 2. The number of Topliss-reactive ketones (excluding diaryl/α,β-unsaturated/α-hetero) is 1. The number of amides is 1. The molecule has 0 aliphatic carbocycles. The first kappa shape index (κ1) is 23.7. The number of aryl methyl sites for hydroxylation is 1. The Hall–Kier alpha value is -2.59. The van der Waals surface area contributed by atoms with E-state index < -0.39 is 36.4 Å². The Morgan fingerprint density at radius 1 is 1.20 bits per heavy atom. The minimum absolute atomic E-state index is 0.0200. The average molecular weight is 421 g/mol. The van der Waals surface area contributed by atoms with Crippen molar-refractivity contribution in [2.75, 3.05) is 13.1 Å². The van der Waals surface area contributed by atoms with Gasteiger partial charge in [0.15, 0.2) is 0 Å². The summed E-state index contributed by atoms with van der Waals surface area (Å²) in [6, 6.07) is 2.89. The van der Waals surface area contributed by atoms with E-state index in [0.29, 0.717) is 0 Å². The van der Waals surface area contributed by atoms with Crippen LogP contribution in [0.4, 0.5) is 0 Å². The summed E-state index contributed by atoms with van der Waals surface area (Å²) in [5.41, 5.74) is -0.137. The van der Waals surface area contributed by atoms with Gasteiger partial charge in [-0.05, 0) is 24.4 Å². The van der Waals surface area contributed by atoms with E-state index in [1.54, 1.807) is 25.7 Å². The van der Waals surface area contributed by atoms with Gasteiger partial charge < -0.3 is 29.9 Å². The molecule has 4 N–H and O–H groups in total. The Bertz CT molecular complexity index is 804. The molecule has 10 heteroatoms. The zero-order valence-corrected chi connectivity index (χ0v) is 17.4. The van der Waals surface area contributed by atoms with Gasteiger partial charge in [0.05, 0.1) is 13.1 Å². The maximum atomic E-state index is 12.4. The van der Waals surface area contributed by atoms with E-state index in [9.17, 15) is 24.6 Å². The van der Waals surface area contributed by atoms with Crippen molar-refractivity contribution in [1.29, 1.82) is 0 Å². The second kappa shape index (κ2) is 9.95. The van der Waals surface area contributed by atoms with E-state index in [2.05, 4.69) is 0 Å². The fourth-order valence-corrected chi connectivity index (χ4v) is 3.22. The number of phenols is 1. The lowest BCUT2D eigenvalue weighted by Crippen LogP contribution is -2.57. The second-order valence-electron chi connectivity index (χ2n) is 7.98. The Morgan fingerprint density at radius 2 is 1.83 bits per heavy atom. The van der Waals surface area contributed by atoms with Crippen molar-refractivity contribution in [1.82, 2.24) is 4.90 Å². The molecule has 1 fully saturated rings. The Morgan fingerprint density at radius 3 is 2.37 bits per heavy atom. The molecule has 0 aromatic heterocycles. The molecular weight excluding hydrogens is 393 g/mol. The third-order valence-corrected chi connectivity index (χ3v) is 5.14. The molecule has 0 spiro atoms. The Balaban J connectivity index is 2.00. The van der Waals surface area contributed by atoms with Crippen molar-refractivity contribution in [3.05, 3.63) is 23.3 Å². The summed E-state index contributed by atoms with van der Waals surface area (Å²) in [6.07, 6.45) is -0.212. The van der Waals surface area contributed by atoms with Crippen molar-refractivity contribution in [3.8, 4) is 11.5 Å². The summed E-state index contributed by atoms with van der Waals surface area (Å²) in [5.74, 6) is -2.55. The molecule has 1 aromatic carbocycles. The number of benzene rings is 1. The minimum Gasteiger partial charge on any atom is -0.507 e. The van der Waals surface area contributed by atoms with Crippen molar-refractivity contribution in [2.24, 2.45) is 11.8 Å². The first-order chi connectivity index (χ1) is 14.0. The molecule has 30 heavy (non-hydrogen) atoms. The van der Waals surface area contributed by atoms with Crippen LogP contribution in [-0.4, -0.2) is 69.1 Å². The topological polar surface area (TPSA) is 145 Å². The number of nitrogens with zero attached hydrogens (tertiary/aromatic N) is 1. The van der Waals surface area contributed by atoms with Crippen LogP contribution in [-0.2, 0) is 16.0 Å². The highest BCUT2D eigenvalue weighted by atomic mass is 16.5. The van der Waals surface area contributed by atoms with Crippen molar-refractivity contribution < 1.29 is 39.4 Å². The molecule has 0 unspecified atom stereocenters. The molecule has 1 saturated heterocycles. The number of ketones is 1. The molecular formula is C20H28BNO8. The summed E-state index contributed by atoms with van der Waals surface area (Å²) >= 11 is 0. The molecule has 0 saturated carbocycles. The molecule has 0 radical (unpaired) electrons. The van der Waals surface area contributed by atoms with Gasteiger partial charge in [-0.1, -0.05) is 26.8 Å². The number of carboxylic acid groups (broad SMARTS) is 1. The van der Waals surface area contributed by atoms with Crippen LogP contribution >= 0.6 is 0 Å². The van der Waals surface area contributed by atoms with Crippen LogP contribution in [0.2, 0.25) is 6.32 Å². The van der Waals surface area contributed by atoms with Crippen LogP contribution in [0, 0.1) is 11.8 Å². The van der Waals surface area contributed by atoms with Crippen LogP contribution in [0.1, 0.15) is 43.1 Å². The standard InChI is InChI=1S/C20H28BNO8/c1-11(2)15(23)8-12(3)19(25)22-9-14(10-22)30-16-5-4-13(6-7-21(28)29)18(24)17(16)20(26)27/h4-5,11-12,14,24,28-29H,6-10H2,1-3H3,(H,26,27)/t12-/m1/s1. The van der Waals surface area contributed by atoms with Crippen LogP contribution in [0.5, 0.6) is 11.5 Å². The maximum Gasteiger partial charge on any atom is 0.451 e. The number of aromatic carboxylic acids is 1. The van der Waals surface area contributed by atoms with Crippen LogP contribution < -0.4 is 4.74 Å². The molecule has 1 amide bonds. The van der Waals surface area contributed by atoms with Gasteiger partial charge in [-0.3, -0.25) is 9.59 Å². The number of carboxylic acids is 1. The number of hydrogen-bond acceptors (Lipinski definition) is 7. The Labute approximate surface area is 175 Å². The fraction of sp³-hybridized carbons (Fsp3) is 0.550. The second-order valence-corrected chi connectivity index (χ2v) is 7.98. The number of carbonyl (C=O) groups is 3. The lowest BCUT2D eigenvalue weighted by atomic mass is 9.82. The summed E-state index contributed by atoms with van der Waals surface area (Å²) in [6.45, 7) is 5.81. The summed E-state index contributed by atoms with van der Waals surface area (Å²) in [7, 11) is -1.56. The number of rotatable bonds is 10. The van der Waals surface area contributed by atoms with E-state index in [4.69, 9.17) is 14.8 Å². The van der Waals surface area contributed by atoms with Crippen LogP contribution in [0.3, 0.4) is 0 Å². The van der Waals surface area contributed by atoms with Gasteiger partial charge in [0, 0.05) is 18.3 Å². The molecule has 164 valence electrons. The van der Waals surface area contributed by atoms with E-state index in [1.807, 2.05) is 0 Å². The normalized spacial score (nSPS) is 14.9. The third-order valence-electron chi connectivity index (χ3n) is 5.14. The molecule has 1 aromatic rings. The van der Waals surface area contributed by atoms with Gasteiger partial charge in [0.1, 0.15) is 28.9 Å². The number of likely N-dealkylation sites (tertiary alicyclic amines) is 1. The van der Waals surface area contributed by atoms with E-state index in [-0.39, 0.29) is 61.2 Å². The monoisotopic (exact) mass is 421 g/mol. The first-order valence-electron chi connectivity index (χ1n) is 9.93. The zero-order valence-electron chi connectivity index (χ0n) is 17.4. The van der Waals surface area contributed by atoms with E-state index in [0.717, 1.165) is 0 Å². The van der Waals surface area contributed by atoms with Gasteiger partial charge in [-0.15, -0.1) is 0 Å². The smallest absolute Gasteiger partial charge is 0.451 e. The SMILES string of the molecule is CC(C)C(=O)C[C@@H](C)C(=O)N1CC(Oc2ccc(CCB(O)O)c(O)c2C(=O)O)C1. The van der Waals surface area contributed by atoms with Crippen molar-refractivity contribution >= 4 is 24.8 Å². The molecule has 2 rings (SSSR count). The van der Waals surface area contributed by atoms with Gasteiger partial charge in [0.25, 0.3) is 0 Å². The van der Waals surface area contributed by atoms with Crippen LogP contribution in [0.25, 0.3) is 0 Å². The largest absolute Gasteiger partial charge is 0.507 e. The van der Waals surface area contributed by atoms with Gasteiger partial charge in [-0.2, -0.15) is 0 Å². The molecule has 1 aliphatic rings. The van der Waals surface area contributed by atoms with Gasteiger partial charge in [-0.25, -0.2) is 4.79 Å². The van der Waals surface area contributed by atoms with Gasteiger partial charge >= 0.3 is 13.1 Å². The molecule has 1 aliphatic heterocycles. The highest BCUT2D eigenvalue weighted by Gasteiger charge is 2.36. The van der Waals surface area contributed by atoms with Crippen molar-refractivity contribution in [2.45, 2.75) is 46.0 Å². The molecule has 9 nitrogen and oxygen atoms in total. The van der Waals surface area contributed by atoms with Gasteiger partial charge in [0.2, 0.25) is 5.91 Å².